The topological polar surface area (TPSA) is 61.8 Å². The lowest BCUT2D eigenvalue weighted by molar-refractivity contribution is -0.154. The van der Waals surface area contributed by atoms with Crippen LogP contribution in [0.15, 0.2) is 29.8 Å². The molecule has 0 aliphatic carbocycles. The van der Waals surface area contributed by atoms with Gasteiger partial charge in [0, 0.05) is 0 Å². The number of rotatable bonds is 2. The maximum Gasteiger partial charge on any atom is 0.339 e. The number of benzene rings is 1. The fraction of sp³-hybridized carbons (Fsp3) is 0.286. The average Bonchev–Trinajstić information content (AvgIpc) is 2.65. The molecule has 1 aliphatic heterocycles. The van der Waals surface area contributed by atoms with E-state index in [9.17, 15) is 9.59 Å². The number of carbonyl (C=O) groups is 2. The Morgan fingerprint density at radius 1 is 1.21 bits per heavy atom. The Morgan fingerprint density at radius 2 is 1.95 bits per heavy atom. The molecule has 0 spiro atoms. The molecule has 1 aromatic rings. The van der Waals surface area contributed by atoms with Crippen LogP contribution in [0.3, 0.4) is 0 Å². The van der Waals surface area contributed by atoms with Gasteiger partial charge in [-0.3, -0.25) is 0 Å². The minimum Gasteiger partial charge on any atom is -0.467 e. The summed E-state index contributed by atoms with van der Waals surface area (Å²) in [4.78, 5) is 23.3. The van der Waals surface area contributed by atoms with E-state index in [2.05, 4.69) is 4.74 Å². The Kier molecular flexibility index (Phi) is 3.97. The number of ether oxygens (including phenoxy) is 3. The second-order valence-corrected chi connectivity index (χ2v) is 4.00. The van der Waals surface area contributed by atoms with Gasteiger partial charge in [0.15, 0.2) is 6.10 Å². The summed E-state index contributed by atoms with van der Waals surface area (Å²) in [6.45, 7) is 0.00111. The smallest absolute Gasteiger partial charge is 0.339 e. The highest BCUT2D eigenvalue weighted by molar-refractivity contribution is 5.95. The first-order chi connectivity index (χ1) is 9.17. The molecule has 1 aromatic carbocycles. The van der Waals surface area contributed by atoms with Crippen LogP contribution in [0, 0.1) is 0 Å². The molecule has 1 unspecified atom stereocenters. The van der Waals surface area contributed by atoms with Gasteiger partial charge in [0.2, 0.25) is 0 Å². The number of esters is 2. The molecule has 0 amide bonds. The maximum atomic E-state index is 11.7. The van der Waals surface area contributed by atoms with E-state index in [1.54, 1.807) is 18.2 Å². The number of methoxy groups -OCH3 is 2. The van der Waals surface area contributed by atoms with Crippen molar-refractivity contribution in [1.29, 1.82) is 0 Å². The molecular formula is C14H14O5. The van der Waals surface area contributed by atoms with E-state index in [1.165, 1.54) is 14.2 Å². The van der Waals surface area contributed by atoms with E-state index >= 15 is 0 Å². The zero-order valence-corrected chi connectivity index (χ0v) is 10.7. The molecular weight excluding hydrogens is 248 g/mol. The number of hydrogen-bond acceptors (Lipinski definition) is 5. The lowest BCUT2D eigenvalue weighted by atomic mass is 10.0. The summed E-state index contributed by atoms with van der Waals surface area (Å²) in [5.41, 5.74) is 1.78. The van der Waals surface area contributed by atoms with Gasteiger partial charge in [0.05, 0.1) is 26.4 Å². The zero-order valence-electron chi connectivity index (χ0n) is 10.7. The van der Waals surface area contributed by atoms with E-state index in [4.69, 9.17) is 9.47 Å². The van der Waals surface area contributed by atoms with E-state index in [0.29, 0.717) is 11.1 Å². The van der Waals surface area contributed by atoms with Gasteiger partial charge in [0.25, 0.3) is 0 Å². The van der Waals surface area contributed by atoms with Crippen molar-refractivity contribution in [3.8, 4) is 0 Å². The van der Waals surface area contributed by atoms with E-state index < -0.39 is 18.0 Å². The highest BCUT2D eigenvalue weighted by Gasteiger charge is 2.28. The summed E-state index contributed by atoms with van der Waals surface area (Å²) in [6, 6.07) is 7.20. The molecule has 0 N–H and O–H groups in total. The summed E-state index contributed by atoms with van der Waals surface area (Å²) in [7, 11) is 2.60. The van der Waals surface area contributed by atoms with Crippen molar-refractivity contribution in [2.75, 3.05) is 20.8 Å². The van der Waals surface area contributed by atoms with Crippen LogP contribution in [0.1, 0.15) is 17.2 Å². The van der Waals surface area contributed by atoms with Crippen molar-refractivity contribution in [1.82, 2.24) is 0 Å². The molecule has 0 radical (unpaired) electrons. The van der Waals surface area contributed by atoms with E-state index in [0.717, 1.165) is 5.56 Å². The largest absolute Gasteiger partial charge is 0.467 e. The van der Waals surface area contributed by atoms with E-state index in [-0.39, 0.29) is 6.61 Å². The summed E-state index contributed by atoms with van der Waals surface area (Å²) >= 11 is 0. The highest BCUT2D eigenvalue weighted by Crippen LogP contribution is 2.28. The summed E-state index contributed by atoms with van der Waals surface area (Å²) in [5.74, 6) is -0.965. The average molecular weight is 262 g/mol. The molecule has 0 bridgehead atoms. The normalized spacial score (nSPS) is 17.8. The lowest BCUT2D eigenvalue weighted by Crippen LogP contribution is -2.19. The lowest BCUT2D eigenvalue weighted by Gasteiger charge is -2.15. The number of carbonyl (C=O) groups excluding carboxylic acids is 2. The molecule has 1 atom stereocenters. The third-order valence-corrected chi connectivity index (χ3v) is 2.88. The van der Waals surface area contributed by atoms with Gasteiger partial charge >= 0.3 is 11.9 Å². The van der Waals surface area contributed by atoms with Crippen molar-refractivity contribution >= 4 is 18.0 Å². The van der Waals surface area contributed by atoms with Gasteiger partial charge in [-0.05, 0) is 17.2 Å². The monoisotopic (exact) mass is 262 g/mol. The Morgan fingerprint density at radius 3 is 2.63 bits per heavy atom. The Hall–Kier alpha value is -2.14. The summed E-state index contributed by atoms with van der Waals surface area (Å²) in [6.07, 6.45) is 0.837. The van der Waals surface area contributed by atoms with Gasteiger partial charge in [-0.15, -0.1) is 0 Å². The molecule has 1 aliphatic rings. The Labute approximate surface area is 110 Å². The summed E-state index contributed by atoms with van der Waals surface area (Å²) in [5, 5.41) is 0. The molecule has 1 heterocycles. The molecule has 19 heavy (non-hydrogen) atoms. The van der Waals surface area contributed by atoms with Crippen LogP contribution in [-0.4, -0.2) is 32.8 Å². The molecule has 0 saturated carbocycles. The molecule has 0 fully saturated rings. The predicted octanol–water partition coefficient (Wildman–Crippen LogP) is 1.49. The summed E-state index contributed by atoms with van der Waals surface area (Å²) < 4.78 is 14.9. The third kappa shape index (κ3) is 2.66. The number of hydrogen-bond donors (Lipinski definition) is 0. The fourth-order valence-corrected chi connectivity index (χ4v) is 1.92. The van der Waals surface area contributed by atoms with Crippen LogP contribution in [0.2, 0.25) is 0 Å². The van der Waals surface area contributed by atoms with Crippen LogP contribution in [0.5, 0.6) is 0 Å². The zero-order chi connectivity index (χ0) is 13.8. The van der Waals surface area contributed by atoms with Crippen molar-refractivity contribution < 1.29 is 23.8 Å². The second kappa shape index (κ2) is 5.67. The van der Waals surface area contributed by atoms with Crippen LogP contribution < -0.4 is 0 Å². The van der Waals surface area contributed by atoms with Gasteiger partial charge in [-0.1, -0.05) is 24.3 Å². The van der Waals surface area contributed by atoms with Crippen LogP contribution in [-0.2, 0) is 23.8 Å². The van der Waals surface area contributed by atoms with Crippen molar-refractivity contribution in [3.63, 3.8) is 0 Å². The SMILES string of the molecule is COC(=O)C1=Cc2ccccc2C(C(=O)OC)OC1. The molecule has 0 saturated heterocycles. The predicted molar refractivity (Wildman–Crippen MR) is 67.1 cm³/mol. The van der Waals surface area contributed by atoms with Crippen molar-refractivity contribution in [2.45, 2.75) is 6.10 Å². The first-order valence-corrected chi connectivity index (χ1v) is 5.74. The van der Waals surface area contributed by atoms with Crippen LogP contribution in [0.4, 0.5) is 0 Å². The van der Waals surface area contributed by atoms with Gasteiger partial charge in [-0.25, -0.2) is 9.59 Å². The minimum absolute atomic E-state index is 0.00111. The molecule has 2 rings (SSSR count). The van der Waals surface area contributed by atoms with Crippen LogP contribution >= 0.6 is 0 Å². The van der Waals surface area contributed by atoms with Crippen molar-refractivity contribution in [3.05, 3.63) is 41.0 Å². The molecule has 0 aromatic heterocycles. The molecule has 100 valence electrons. The quantitative estimate of drug-likeness (QED) is 0.756. The standard InChI is InChI=1S/C14H14O5/c1-17-13(15)10-7-9-5-3-4-6-11(9)12(19-8-10)14(16)18-2/h3-7,12H,8H2,1-2H3. The second-order valence-electron chi connectivity index (χ2n) is 4.00. The van der Waals surface area contributed by atoms with Gasteiger partial charge in [-0.2, -0.15) is 0 Å². The first-order valence-electron chi connectivity index (χ1n) is 5.74. The molecule has 5 heteroatoms. The van der Waals surface area contributed by atoms with Crippen LogP contribution in [0.25, 0.3) is 6.08 Å². The first kappa shape index (κ1) is 13.3. The van der Waals surface area contributed by atoms with Gasteiger partial charge < -0.3 is 14.2 Å². The van der Waals surface area contributed by atoms with Gasteiger partial charge in [0.1, 0.15) is 0 Å². The third-order valence-electron chi connectivity index (χ3n) is 2.88. The van der Waals surface area contributed by atoms with Crippen molar-refractivity contribution in [2.24, 2.45) is 0 Å². The Balaban J connectivity index is 2.44. The minimum atomic E-state index is -0.834. The Bertz CT molecular complexity index is 532. The highest BCUT2D eigenvalue weighted by atomic mass is 16.6. The molecule has 5 nitrogen and oxygen atoms in total. The maximum absolute atomic E-state index is 11.7. The number of fused-ring (bicyclic) bond motifs is 1. The fourth-order valence-electron chi connectivity index (χ4n) is 1.92. The van der Waals surface area contributed by atoms with E-state index in [1.807, 2.05) is 12.1 Å².